The van der Waals surface area contributed by atoms with Crippen molar-refractivity contribution in [1.29, 1.82) is 0 Å². The quantitative estimate of drug-likeness (QED) is 0.200. The first kappa shape index (κ1) is 28.9. The van der Waals surface area contributed by atoms with E-state index >= 15 is 0 Å². The van der Waals surface area contributed by atoms with E-state index in [-0.39, 0.29) is 5.82 Å². The smallest absolute Gasteiger partial charge is 0.132 e. The molecule has 0 N–H and O–H groups in total. The van der Waals surface area contributed by atoms with Crippen molar-refractivity contribution in [1.82, 2.24) is 4.98 Å². The lowest BCUT2D eigenvalue weighted by Gasteiger charge is -2.28. The molecular weight excluding hydrogens is 441 g/mol. The molecule has 1 aromatic heterocycles. The van der Waals surface area contributed by atoms with Crippen LogP contribution in [0.4, 0.5) is 4.39 Å². The second kappa shape index (κ2) is 16.9. The van der Waals surface area contributed by atoms with Gasteiger partial charge in [-0.05, 0) is 79.7 Å². The fraction of sp³-hybridized carbons (Fsp3) is 0.676. The van der Waals surface area contributed by atoms with Gasteiger partial charge in [0.1, 0.15) is 5.82 Å². The van der Waals surface area contributed by atoms with Crippen LogP contribution in [0.3, 0.4) is 0 Å². The van der Waals surface area contributed by atoms with Gasteiger partial charge in [0.15, 0.2) is 0 Å². The zero-order valence-electron chi connectivity index (χ0n) is 23.4. The molecule has 1 fully saturated rings. The summed E-state index contributed by atoms with van der Waals surface area (Å²) in [6.45, 7) is 4.54. The van der Waals surface area contributed by atoms with Gasteiger partial charge >= 0.3 is 0 Å². The van der Waals surface area contributed by atoms with Gasteiger partial charge in [-0.1, -0.05) is 109 Å². The second-order valence-corrected chi connectivity index (χ2v) is 11.4. The van der Waals surface area contributed by atoms with Crippen LogP contribution in [0, 0.1) is 11.7 Å². The number of pyridine rings is 1. The zero-order chi connectivity index (χ0) is 25.4. The average Bonchev–Trinajstić information content (AvgIpc) is 2.91. The normalized spacial score (nSPS) is 18.0. The Morgan fingerprint density at radius 2 is 1.36 bits per heavy atom. The molecule has 1 aromatic carbocycles. The summed E-state index contributed by atoms with van der Waals surface area (Å²) in [5, 5.41) is 0. The van der Waals surface area contributed by atoms with Gasteiger partial charge in [-0.25, -0.2) is 4.39 Å². The summed E-state index contributed by atoms with van der Waals surface area (Å²) in [6, 6.07) is 9.99. The number of halogens is 1. The molecular formula is C34H52FN. The van der Waals surface area contributed by atoms with Crippen LogP contribution in [0.1, 0.15) is 146 Å². The SMILES string of the molecule is CCCCCCCCCc1ccc(-c2ccc([C@H]3CC[C@H](CCCCCCCC)CC3)cn2)c(F)c1. The number of rotatable bonds is 17. The fourth-order valence-corrected chi connectivity index (χ4v) is 6.01. The van der Waals surface area contributed by atoms with Crippen LogP contribution in [0.15, 0.2) is 36.5 Å². The van der Waals surface area contributed by atoms with Crippen molar-refractivity contribution in [2.24, 2.45) is 5.92 Å². The Labute approximate surface area is 221 Å². The zero-order valence-corrected chi connectivity index (χ0v) is 23.4. The summed E-state index contributed by atoms with van der Waals surface area (Å²) < 4.78 is 14.9. The minimum atomic E-state index is -0.133. The number of benzene rings is 1. The number of hydrogen-bond donors (Lipinski definition) is 0. The molecule has 1 aliphatic carbocycles. The molecule has 0 unspecified atom stereocenters. The number of aromatic nitrogens is 1. The molecule has 0 amide bonds. The first-order valence-electron chi connectivity index (χ1n) is 15.5. The van der Waals surface area contributed by atoms with Crippen molar-refractivity contribution in [3.63, 3.8) is 0 Å². The molecule has 36 heavy (non-hydrogen) atoms. The van der Waals surface area contributed by atoms with Crippen LogP contribution < -0.4 is 0 Å². The predicted molar refractivity (Wildman–Crippen MR) is 154 cm³/mol. The number of nitrogens with zero attached hydrogens (tertiary/aromatic N) is 1. The van der Waals surface area contributed by atoms with Gasteiger partial charge in [0.2, 0.25) is 0 Å². The molecule has 1 saturated carbocycles. The minimum absolute atomic E-state index is 0.133. The van der Waals surface area contributed by atoms with E-state index in [1.165, 1.54) is 115 Å². The minimum Gasteiger partial charge on any atom is -0.256 e. The van der Waals surface area contributed by atoms with Crippen molar-refractivity contribution in [3.8, 4) is 11.3 Å². The molecule has 1 nitrogen and oxygen atoms in total. The van der Waals surface area contributed by atoms with E-state index < -0.39 is 0 Å². The standard InChI is InChI=1S/C34H52FN/c1-3-5-7-9-11-13-15-17-29-20-24-32(33(35)26-29)34-25-23-31(27-36-34)30-21-18-28(19-22-30)16-14-12-10-8-6-4-2/h20,23-28,30H,3-19,21-22H2,1-2H3/t28-,30-. The number of hydrogen-bond acceptors (Lipinski definition) is 1. The van der Waals surface area contributed by atoms with Gasteiger partial charge in [0.25, 0.3) is 0 Å². The van der Waals surface area contributed by atoms with E-state index in [1.807, 2.05) is 18.3 Å². The van der Waals surface area contributed by atoms with Crippen LogP contribution in [0.2, 0.25) is 0 Å². The van der Waals surface area contributed by atoms with Gasteiger partial charge in [-0.15, -0.1) is 0 Å². The first-order chi connectivity index (χ1) is 17.7. The van der Waals surface area contributed by atoms with Gasteiger partial charge in [0, 0.05) is 11.8 Å². The summed E-state index contributed by atoms with van der Waals surface area (Å²) in [5.41, 5.74) is 3.84. The third-order valence-electron chi connectivity index (χ3n) is 8.45. The second-order valence-electron chi connectivity index (χ2n) is 11.4. The highest BCUT2D eigenvalue weighted by atomic mass is 19.1. The Bertz CT molecular complexity index is 835. The fourth-order valence-electron chi connectivity index (χ4n) is 6.01. The molecule has 2 heteroatoms. The molecule has 3 rings (SSSR count). The van der Waals surface area contributed by atoms with Crippen molar-refractivity contribution in [2.75, 3.05) is 0 Å². The van der Waals surface area contributed by atoms with Crippen molar-refractivity contribution >= 4 is 0 Å². The summed E-state index contributed by atoms with van der Waals surface area (Å²) in [7, 11) is 0. The van der Waals surface area contributed by atoms with E-state index in [4.69, 9.17) is 0 Å². The van der Waals surface area contributed by atoms with Gasteiger partial charge in [-0.3, -0.25) is 4.98 Å². The predicted octanol–water partition coefficient (Wildman–Crippen LogP) is 11.2. The van der Waals surface area contributed by atoms with E-state index in [2.05, 4.69) is 31.0 Å². The number of aryl methyl sites for hydroxylation is 1. The van der Waals surface area contributed by atoms with Gasteiger partial charge < -0.3 is 0 Å². The molecule has 0 bridgehead atoms. The van der Waals surface area contributed by atoms with E-state index in [0.717, 1.165) is 30.0 Å². The van der Waals surface area contributed by atoms with E-state index in [1.54, 1.807) is 6.07 Å². The third kappa shape index (κ3) is 9.98. The summed E-state index contributed by atoms with van der Waals surface area (Å²) in [4.78, 5) is 4.69. The highest BCUT2D eigenvalue weighted by Gasteiger charge is 2.22. The monoisotopic (exact) mass is 493 g/mol. The van der Waals surface area contributed by atoms with E-state index in [0.29, 0.717) is 11.5 Å². The van der Waals surface area contributed by atoms with Crippen molar-refractivity contribution in [3.05, 3.63) is 53.5 Å². The Hall–Kier alpha value is -1.70. The Balaban J connectivity index is 1.40. The molecule has 0 aliphatic heterocycles. The lowest BCUT2D eigenvalue weighted by molar-refractivity contribution is 0.301. The average molecular weight is 494 g/mol. The van der Waals surface area contributed by atoms with Crippen LogP contribution in [-0.4, -0.2) is 4.98 Å². The first-order valence-corrected chi connectivity index (χ1v) is 15.5. The molecule has 0 radical (unpaired) electrons. The maximum absolute atomic E-state index is 14.9. The molecule has 2 aromatic rings. The summed E-state index contributed by atoms with van der Waals surface area (Å²) in [6.07, 6.45) is 27.1. The molecule has 0 atom stereocenters. The molecule has 0 saturated heterocycles. The van der Waals surface area contributed by atoms with Crippen LogP contribution in [0.5, 0.6) is 0 Å². The summed E-state index contributed by atoms with van der Waals surface area (Å²) >= 11 is 0. The lowest BCUT2D eigenvalue weighted by atomic mass is 9.77. The maximum atomic E-state index is 14.9. The molecule has 1 aliphatic rings. The highest BCUT2D eigenvalue weighted by molar-refractivity contribution is 5.60. The van der Waals surface area contributed by atoms with Gasteiger partial charge in [-0.2, -0.15) is 0 Å². The maximum Gasteiger partial charge on any atom is 0.132 e. The van der Waals surface area contributed by atoms with Crippen molar-refractivity contribution < 1.29 is 4.39 Å². The largest absolute Gasteiger partial charge is 0.256 e. The topological polar surface area (TPSA) is 12.9 Å². The highest BCUT2D eigenvalue weighted by Crippen LogP contribution is 2.38. The molecule has 200 valence electrons. The summed E-state index contributed by atoms with van der Waals surface area (Å²) in [5.74, 6) is 1.42. The van der Waals surface area contributed by atoms with Crippen LogP contribution >= 0.6 is 0 Å². The number of unbranched alkanes of at least 4 members (excludes halogenated alkanes) is 11. The molecule has 0 spiro atoms. The molecule has 1 heterocycles. The van der Waals surface area contributed by atoms with Crippen LogP contribution in [0.25, 0.3) is 11.3 Å². The van der Waals surface area contributed by atoms with Gasteiger partial charge in [0.05, 0.1) is 5.69 Å². The third-order valence-corrected chi connectivity index (χ3v) is 8.45. The van der Waals surface area contributed by atoms with Crippen molar-refractivity contribution in [2.45, 2.75) is 142 Å². The Kier molecular flexibility index (Phi) is 13.6. The van der Waals surface area contributed by atoms with Crippen LogP contribution in [-0.2, 0) is 6.42 Å². The Morgan fingerprint density at radius 3 is 1.97 bits per heavy atom. The lowest BCUT2D eigenvalue weighted by Crippen LogP contribution is -2.13. The van der Waals surface area contributed by atoms with E-state index in [9.17, 15) is 4.39 Å². The Morgan fingerprint density at radius 1 is 0.722 bits per heavy atom.